The summed E-state index contributed by atoms with van der Waals surface area (Å²) in [5.74, 6) is -0.454. The lowest BCUT2D eigenvalue weighted by Crippen LogP contribution is -2.19. The van der Waals surface area contributed by atoms with Crippen LogP contribution in [0.15, 0.2) is 77.9 Å². The number of benzene rings is 3. The van der Waals surface area contributed by atoms with E-state index in [1.165, 1.54) is 0 Å². The SMILES string of the molecule is C/C(=N/NC(=O)c1ccc(NC(=O)c2cccc(C)c2)cc1)c1cccc(O)c1. The lowest BCUT2D eigenvalue weighted by molar-refractivity contribution is 0.0954. The van der Waals surface area contributed by atoms with Crippen molar-refractivity contribution in [1.29, 1.82) is 0 Å². The standard InChI is InChI=1S/C23H21N3O3/c1-15-5-3-7-19(13-15)22(28)24-20-11-9-17(10-12-20)23(29)26-25-16(2)18-6-4-8-21(27)14-18/h3-14,27H,1-2H3,(H,24,28)(H,26,29)/b25-16-. The van der Waals surface area contributed by atoms with Crippen LogP contribution in [-0.2, 0) is 0 Å². The number of hydrogen-bond acceptors (Lipinski definition) is 4. The van der Waals surface area contributed by atoms with E-state index in [-0.39, 0.29) is 17.6 Å². The van der Waals surface area contributed by atoms with E-state index in [1.54, 1.807) is 61.5 Å². The third-order valence-corrected chi connectivity index (χ3v) is 4.27. The molecule has 6 heteroatoms. The molecular weight excluding hydrogens is 366 g/mol. The number of amides is 2. The molecule has 0 bridgehead atoms. The molecule has 29 heavy (non-hydrogen) atoms. The highest BCUT2D eigenvalue weighted by molar-refractivity contribution is 6.05. The summed E-state index contributed by atoms with van der Waals surface area (Å²) in [6.45, 7) is 3.66. The maximum atomic E-state index is 12.3. The number of rotatable bonds is 5. The minimum atomic E-state index is -0.374. The minimum absolute atomic E-state index is 0.131. The normalized spacial score (nSPS) is 11.0. The summed E-state index contributed by atoms with van der Waals surface area (Å²) in [5, 5.41) is 16.4. The van der Waals surface area contributed by atoms with Crippen LogP contribution in [0.2, 0.25) is 0 Å². The van der Waals surface area contributed by atoms with E-state index < -0.39 is 0 Å². The van der Waals surface area contributed by atoms with E-state index in [0.29, 0.717) is 28.1 Å². The first-order valence-corrected chi connectivity index (χ1v) is 9.04. The Balaban J connectivity index is 1.62. The number of nitrogens with one attached hydrogen (secondary N) is 2. The predicted octanol–water partition coefficient (Wildman–Crippen LogP) is 4.11. The van der Waals surface area contributed by atoms with Crippen LogP contribution in [0.25, 0.3) is 0 Å². The van der Waals surface area contributed by atoms with Crippen LogP contribution in [0.3, 0.4) is 0 Å². The van der Waals surface area contributed by atoms with Crippen molar-refractivity contribution < 1.29 is 14.7 Å². The lowest BCUT2D eigenvalue weighted by Gasteiger charge is -2.07. The molecule has 0 saturated heterocycles. The molecular formula is C23H21N3O3. The Kier molecular flexibility index (Phi) is 6.04. The van der Waals surface area contributed by atoms with Crippen molar-refractivity contribution in [3.63, 3.8) is 0 Å². The fourth-order valence-corrected chi connectivity index (χ4v) is 2.69. The number of hydrogen-bond donors (Lipinski definition) is 3. The molecule has 2 amide bonds. The fraction of sp³-hybridized carbons (Fsp3) is 0.0870. The minimum Gasteiger partial charge on any atom is -0.508 e. The van der Waals surface area contributed by atoms with E-state index in [2.05, 4.69) is 15.8 Å². The van der Waals surface area contributed by atoms with Crippen LogP contribution >= 0.6 is 0 Å². The second-order valence-electron chi connectivity index (χ2n) is 6.59. The number of aryl methyl sites for hydroxylation is 1. The van der Waals surface area contributed by atoms with Crippen LogP contribution in [0.4, 0.5) is 5.69 Å². The van der Waals surface area contributed by atoms with Crippen molar-refractivity contribution in [2.45, 2.75) is 13.8 Å². The van der Waals surface area contributed by atoms with Crippen molar-refractivity contribution in [3.8, 4) is 5.75 Å². The van der Waals surface area contributed by atoms with E-state index >= 15 is 0 Å². The molecule has 0 heterocycles. The second kappa shape index (κ2) is 8.84. The summed E-state index contributed by atoms with van der Waals surface area (Å²) in [6.07, 6.45) is 0. The van der Waals surface area contributed by atoms with Crippen LogP contribution in [0, 0.1) is 6.92 Å². The molecule has 0 aromatic heterocycles. The van der Waals surface area contributed by atoms with Crippen molar-refractivity contribution in [1.82, 2.24) is 5.43 Å². The van der Waals surface area contributed by atoms with Crippen LogP contribution in [0.1, 0.15) is 38.8 Å². The molecule has 0 unspecified atom stereocenters. The zero-order chi connectivity index (χ0) is 20.8. The topological polar surface area (TPSA) is 90.8 Å². The summed E-state index contributed by atoms with van der Waals surface area (Å²) in [7, 11) is 0. The first-order valence-electron chi connectivity index (χ1n) is 9.04. The van der Waals surface area contributed by atoms with Gasteiger partial charge in [0.1, 0.15) is 5.75 Å². The van der Waals surface area contributed by atoms with Gasteiger partial charge < -0.3 is 10.4 Å². The molecule has 3 aromatic rings. The van der Waals surface area contributed by atoms with Crippen molar-refractivity contribution in [2.75, 3.05) is 5.32 Å². The third kappa shape index (κ3) is 5.29. The number of phenols is 1. The Hall–Kier alpha value is -3.93. The summed E-state index contributed by atoms with van der Waals surface area (Å²) in [5.41, 5.74) is 6.34. The number of nitrogens with zero attached hydrogens (tertiary/aromatic N) is 1. The van der Waals surface area contributed by atoms with Gasteiger partial charge in [0, 0.05) is 22.4 Å². The van der Waals surface area contributed by atoms with Crippen molar-refractivity contribution in [2.24, 2.45) is 5.10 Å². The maximum Gasteiger partial charge on any atom is 0.271 e. The summed E-state index contributed by atoms with van der Waals surface area (Å²) >= 11 is 0. The highest BCUT2D eigenvalue weighted by Crippen LogP contribution is 2.13. The van der Waals surface area contributed by atoms with Gasteiger partial charge in [-0.05, 0) is 62.4 Å². The monoisotopic (exact) mass is 387 g/mol. The quantitative estimate of drug-likeness (QED) is 0.455. The third-order valence-electron chi connectivity index (χ3n) is 4.27. The van der Waals surface area contributed by atoms with Gasteiger partial charge in [-0.3, -0.25) is 9.59 Å². The van der Waals surface area contributed by atoms with Crippen LogP contribution < -0.4 is 10.7 Å². The van der Waals surface area contributed by atoms with Gasteiger partial charge in [-0.1, -0.05) is 29.8 Å². The lowest BCUT2D eigenvalue weighted by atomic mass is 10.1. The Morgan fingerprint density at radius 1 is 0.828 bits per heavy atom. The summed E-state index contributed by atoms with van der Waals surface area (Å²) in [6, 6.07) is 20.5. The van der Waals surface area contributed by atoms with E-state index in [1.807, 2.05) is 25.1 Å². The van der Waals surface area contributed by atoms with Crippen molar-refractivity contribution >= 4 is 23.2 Å². The molecule has 0 atom stereocenters. The van der Waals surface area contributed by atoms with Gasteiger partial charge >= 0.3 is 0 Å². The number of phenolic OH excluding ortho intramolecular Hbond substituents is 1. The number of hydrazone groups is 1. The smallest absolute Gasteiger partial charge is 0.271 e. The first kappa shape index (κ1) is 19.8. The van der Waals surface area contributed by atoms with Gasteiger partial charge in [-0.25, -0.2) is 5.43 Å². The molecule has 6 nitrogen and oxygen atoms in total. The summed E-state index contributed by atoms with van der Waals surface area (Å²) < 4.78 is 0. The second-order valence-corrected chi connectivity index (χ2v) is 6.59. The number of carbonyl (C=O) groups is 2. The molecule has 3 rings (SSSR count). The van der Waals surface area contributed by atoms with Gasteiger partial charge in [-0.2, -0.15) is 5.10 Å². The molecule has 0 spiro atoms. The van der Waals surface area contributed by atoms with Gasteiger partial charge in [0.2, 0.25) is 0 Å². The highest BCUT2D eigenvalue weighted by atomic mass is 16.3. The molecule has 0 aliphatic carbocycles. The van der Waals surface area contributed by atoms with E-state index in [9.17, 15) is 14.7 Å². The maximum absolute atomic E-state index is 12.3. The molecule has 0 aliphatic rings. The molecule has 0 fully saturated rings. The molecule has 3 N–H and O–H groups in total. The molecule has 3 aromatic carbocycles. The fourth-order valence-electron chi connectivity index (χ4n) is 2.69. The molecule has 0 saturated carbocycles. The van der Waals surface area contributed by atoms with Crippen molar-refractivity contribution in [3.05, 3.63) is 95.1 Å². The Morgan fingerprint density at radius 3 is 2.21 bits per heavy atom. The number of aromatic hydroxyl groups is 1. The molecule has 0 radical (unpaired) electrons. The van der Waals surface area contributed by atoms with Gasteiger partial charge in [0.05, 0.1) is 5.71 Å². The number of anilines is 1. The van der Waals surface area contributed by atoms with Gasteiger partial charge in [-0.15, -0.1) is 0 Å². The van der Waals surface area contributed by atoms with Gasteiger partial charge in [0.15, 0.2) is 0 Å². The zero-order valence-corrected chi connectivity index (χ0v) is 16.1. The van der Waals surface area contributed by atoms with Crippen LogP contribution in [0.5, 0.6) is 5.75 Å². The number of carbonyl (C=O) groups excluding carboxylic acids is 2. The Bertz CT molecular complexity index is 1070. The average molecular weight is 387 g/mol. The highest BCUT2D eigenvalue weighted by Gasteiger charge is 2.08. The average Bonchev–Trinajstić information content (AvgIpc) is 2.72. The summed E-state index contributed by atoms with van der Waals surface area (Å²) in [4.78, 5) is 24.6. The predicted molar refractivity (Wildman–Crippen MR) is 113 cm³/mol. The molecule has 146 valence electrons. The van der Waals surface area contributed by atoms with Gasteiger partial charge in [0.25, 0.3) is 11.8 Å². The Labute approximate surface area is 168 Å². The van der Waals surface area contributed by atoms with E-state index in [0.717, 1.165) is 5.56 Å². The van der Waals surface area contributed by atoms with E-state index in [4.69, 9.17) is 0 Å². The zero-order valence-electron chi connectivity index (χ0n) is 16.1. The largest absolute Gasteiger partial charge is 0.508 e. The Morgan fingerprint density at radius 2 is 1.52 bits per heavy atom. The molecule has 0 aliphatic heterocycles. The van der Waals surface area contributed by atoms with Crippen LogP contribution in [-0.4, -0.2) is 22.6 Å². The first-order chi connectivity index (χ1) is 13.9.